The van der Waals surface area contributed by atoms with Gasteiger partial charge in [-0.2, -0.15) is 5.10 Å². The molecule has 0 saturated carbocycles. The van der Waals surface area contributed by atoms with Gasteiger partial charge in [0.1, 0.15) is 5.75 Å². The highest BCUT2D eigenvalue weighted by Gasteiger charge is 2.15. The van der Waals surface area contributed by atoms with Crippen LogP contribution in [0.25, 0.3) is 0 Å². The molecule has 1 amide bonds. The van der Waals surface area contributed by atoms with E-state index >= 15 is 0 Å². The lowest BCUT2D eigenvalue weighted by Crippen LogP contribution is -2.13. The Morgan fingerprint density at radius 1 is 1.44 bits per heavy atom. The van der Waals surface area contributed by atoms with E-state index in [0.29, 0.717) is 15.9 Å². The second-order valence-corrected chi connectivity index (χ2v) is 4.84. The minimum absolute atomic E-state index is 0.0688. The Bertz CT molecular complexity index is 588. The number of nitrogens with zero attached hydrogens (tertiary/aromatic N) is 1. The number of aromatic amines is 1. The van der Waals surface area contributed by atoms with Crippen molar-refractivity contribution >= 4 is 27.5 Å². The van der Waals surface area contributed by atoms with Gasteiger partial charge in [0, 0.05) is 4.47 Å². The summed E-state index contributed by atoms with van der Waals surface area (Å²) in [5.74, 6) is -0.437. The van der Waals surface area contributed by atoms with E-state index in [9.17, 15) is 9.90 Å². The fraction of sp³-hybridized carbons (Fsp3) is 0.167. The molecule has 5 nitrogen and oxygen atoms in total. The molecule has 0 unspecified atom stereocenters. The van der Waals surface area contributed by atoms with E-state index < -0.39 is 0 Å². The van der Waals surface area contributed by atoms with Crippen molar-refractivity contribution in [2.45, 2.75) is 13.8 Å². The quantitative estimate of drug-likeness (QED) is 0.798. The summed E-state index contributed by atoms with van der Waals surface area (Å²) in [7, 11) is 0. The second-order valence-electron chi connectivity index (χ2n) is 3.92. The molecule has 0 radical (unpaired) electrons. The van der Waals surface area contributed by atoms with Gasteiger partial charge in [0.2, 0.25) is 0 Å². The molecule has 0 fully saturated rings. The number of carbonyl (C=O) groups excluding carboxylic acids is 1. The molecular weight excluding hydrogens is 298 g/mol. The van der Waals surface area contributed by atoms with Crippen molar-refractivity contribution in [1.29, 1.82) is 0 Å². The number of amides is 1. The van der Waals surface area contributed by atoms with Gasteiger partial charge in [-0.3, -0.25) is 9.89 Å². The lowest BCUT2D eigenvalue weighted by molar-refractivity contribution is 0.102. The standard InChI is InChI=1S/C12H12BrN3O2/c1-6-11(7(2)16-15-6)14-12(18)9-4-3-8(13)5-10(9)17/h3-5,17H,1-2H3,(H,14,18)(H,15,16). The first kappa shape index (κ1) is 12.6. The van der Waals surface area contributed by atoms with Crippen LogP contribution < -0.4 is 5.32 Å². The third-order valence-corrected chi connectivity index (χ3v) is 3.06. The smallest absolute Gasteiger partial charge is 0.259 e. The number of phenolic OH excluding ortho intramolecular Hbond substituents is 1. The van der Waals surface area contributed by atoms with Crippen LogP contribution in [0, 0.1) is 13.8 Å². The van der Waals surface area contributed by atoms with Crippen LogP contribution in [0.15, 0.2) is 22.7 Å². The normalized spacial score (nSPS) is 10.4. The number of anilines is 1. The molecule has 1 aromatic carbocycles. The highest BCUT2D eigenvalue weighted by molar-refractivity contribution is 9.10. The molecule has 0 spiro atoms. The minimum atomic E-state index is -0.368. The van der Waals surface area contributed by atoms with Crippen LogP contribution in [0.4, 0.5) is 5.69 Å². The number of benzene rings is 1. The van der Waals surface area contributed by atoms with Crippen molar-refractivity contribution in [1.82, 2.24) is 10.2 Å². The van der Waals surface area contributed by atoms with Gasteiger partial charge in [-0.25, -0.2) is 0 Å². The summed E-state index contributed by atoms with van der Waals surface area (Å²) in [6, 6.07) is 4.73. The molecule has 2 aromatic rings. The number of carbonyl (C=O) groups is 1. The van der Waals surface area contributed by atoms with Crippen molar-refractivity contribution in [3.05, 3.63) is 39.6 Å². The number of phenols is 1. The largest absolute Gasteiger partial charge is 0.507 e. The number of aromatic nitrogens is 2. The summed E-state index contributed by atoms with van der Waals surface area (Å²) >= 11 is 3.22. The monoisotopic (exact) mass is 309 g/mol. The molecule has 2 rings (SSSR count). The number of hydrogen-bond acceptors (Lipinski definition) is 3. The molecule has 3 N–H and O–H groups in total. The van der Waals surface area contributed by atoms with Crippen molar-refractivity contribution in [3.8, 4) is 5.75 Å². The van der Waals surface area contributed by atoms with Crippen LogP contribution >= 0.6 is 15.9 Å². The zero-order valence-electron chi connectivity index (χ0n) is 9.91. The third-order valence-electron chi connectivity index (χ3n) is 2.57. The number of hydrogen-bond donors (Lipinski definition) is 3. The summed E-state index contributed by atoms with van der Waals surface area (Å²) in [5.41, 5.74) is 2.34. The predicted molar refractivity (Wildman–Crippen MR) is 71.8 cm³/mol. The second kappa shape index (κ2) is 4.81. The Hall–Kier alpha value is -1.82. The summed E-state index contributed by atoms with van der Waals surface area (Å²) in [4.78, 5) is 12.0. The number of rotatable bonds is 2. The minimum Gasteiger partial charge on any atom is -0.507 e. The van der Waals surface area contributed by atoms with Gasteiger partial charge in [0.15, 0.2) is 0 Å². The van der Waals surface area contributed by atoms with E-state index in [1.807, 2.05) is 6.92 Å². The average Bonchev–Trinajstić information content (AvgIpc) is 2.60. The molecule has 94 valence electrons. The molecule has 0 aliphatic heterocycles. The molecule has 0 atom stereocenters. The topological polar surface area (TPSA) is 78.0 Å². The van der Waals surface area contributed by atoms with Crippen molar-refractivity contribution in [3.63, 3.8) is 0 Å². The number of halogens is 1. The summed E-state index contributed by atoms with van der Waals surface area (Å²) in [5, 5.41) is 19.2. The molecule has 0 saturated heterocycles. The van der Waals surface area contributed by atoms with E-state index in [1.165, 1.54) is 6.07 Å². The molecule has 0 aliphatic rings. The third kappa shape index (κ3) is 2.38. The van der Waals surface area contributed by atoms with Crippen LogP contribution in [0.3, 0.4) is 0 Å². The highest BCUT2D eigenvalue weighted by Crippen LogP contribution is 2.24. The van der Waals surface area contributed by atoms with Crippen molar-refractivity contribution < 1.29 is 9.90 Å². The summed E-state index contributed by atoms with van der Waals surface area (Å²) in [6.07, 6.45) is 0. The Kier molecular flexibility index (Phi) is 3.38. The lowest BCUT2D eigenvalue weighted by Gasteiger charge is -2.07. The van der Waals surface area contributed by atoms with Crippen LogP contribution in [-0.2, 0) is 0 Å². The Labute approximate surface area is 112 Å². The fourth-order valence-electron chi connectivity index (χ4n) is 1.61. The van der Waals surface area contributed by atoms with E-state index in [1.54, 1.807) is 19.1 Å². The van der Waals surface area contributed by atoms with Crippen LogP contribution in [0.5, 0.6) is 5.75 Å². The Morgan fingerprint density at radius 2 is 2.17 bits per heavy atom. The molecule has 0 aliphatic carbocycles. The van der Waals surface area contributed by atoms with Gasteiger partial charge in [0.25, 0.3) is 5.91 Å². The van der Waals surface area contributed by atoms with E-state index in [-0.39, 0.29) is 17.2 Å². The first-order valence-corrected chi connectivity index (χ1v) is 6.09. The number of aromatic hydroxyl groups is 1. The lowest BCUT2D eigenvalue weighted by atomic mass is 10.2. The van der Waals surface area contributed by atoms with Crippen LogP contribution in [0.1, 0.15) is 21.7 Å². The summed E-state index contributed by atoms with van der Waals surface area (Å²) < 4.78 is 0.715. The Morgan fingerprint density at radius 3 is 2.72 bits per heavy atom. The number of aryl methyl sites for hydroxylation is 2. The first-order valence-electron chi connectivity index (χ1n) is 5.30. The zero-order chi connectivity index (χ0) is 13.3. The SMILES string of the molecule is Cc1n[nH]c(C)c1NC(=O)c1ccc(Br)cc1O. The fourth-order valence-corrected chi connectivity index (χ4v) is 1.96. The molecule has 0 bridgehead atoms. The first-order chi connectivity index (χ1) is 8.49. The van der Waals surface area contributed by atoms with Crippen LogP contribution in [-0.4, -0.2) is 21.2 Å². The van der Waals surface area contributed by atoms with E-state index in [4.69, 9.17) is 0 Å². The summed E-state index contributed by atoms with van der Waals surface area (Å²) in [6.45, 7) is 3.61. The van der Waals surface area contributed by atoms with Crippen LogP contribution in [0.2, 0.25) is 0 Å². The maximum atomic E-state index is 12.0. The molecular formula is C12H12BrN3O2. The van der Waals surface area contributed by atoms with Crippen molar-refractivity contribution in [2.24, 2.45) is 0 Å². The average molecular weight is 310 g/mol. The number of nitrogens with one attached hydrogen (secondary N) is 2. The van der Waals surface area contributed by atoms with Gasteiger partial charge >= 0.3 is 0 Å². The Balaban J connectivity index is 2.28. The highest BCUT2D eigenvalue weighted by atomic mass is 79.9. The molecule has 18 heavy (non-hydrogen) atoms. The molecule has 6 heteroatoms. The van der Waals surface area contributed by atoms with Gasteiger partial charge in [-0.1, -0.05) is 15.9 Å². The predicted octanol–water partition coefficient (Wildman–Crippen LogP) is 2.75. The van der Waals surface area contributed by atoms with Gasteiger partial charge in [0.05, 0.1) is 22.6 Å². The van der Waals surface area contributed by atoms with E-state index in [2.05, 4.69) is 31.4 Å². The maximum absolute atomic E-state index is 12.0. The van der Waals surface area contributed by atoms with E-state index in [0.717, 1.165) is 5.69 Å². The number of H-pyrrole nitrogens is 1. The molecule has 1 aromatic heterocycles. The van der Waals surface area contributed by atoms with Gasteiger partial charge < -0.3 is 10.4 Å². The van der Waals surface area contributed by atoms with Crippen molar-refractivity contribution in [2.75, 3.05) is 5.32 Å². The molecule has 1 heterocycles. The van der Waals surface area contributed by atoms with Gasteiger partial charge in [-0.05, 0) is 32.0 Å². The van der Waals surface area contributed by atoms with Gasteiger partial charge in [-0.15, -0.1) is 0 Å². The zero-order valence-corrected chi connectivity index (χ0v) is 11.5. The maximum Gasteiger partial charge on any atom is 0.259 e.